The first-order valence-corrected chi connectivity index (χ1v) is 6.07. The first-order chi connectivity index (χ1) is 9.40. The summed E-state index contributed by atoms with van der Waals surface area (Å²) >= 11 is 0. The molecule has 2 rings (SSSR count). The van der Waals surface area contributed by atoms with Gasteiger partial charge in [0.05, 0.1) is 22.5 Å². The number of anilines is 1. The molecule has 1 aromatic carbocycles. The molecule has 6 heteroatoms. The van der Waals surface area contributed by atoms with Crippen LogP contribution in [-0.4, -0.2) is 27.2 Å². The van der Waals surface area contributed by atoms with Gasteiger partial charge in [0.1, 0.15) is 0 Å². The van der Waals surface area contributed by atoms with E-state index in [1.807, 2.05) is 0 Å². The molecule has 0 unspecified atom stereocenters. The van der Waals surface area contributed by atoms with Crippen LogP contribution in [0, 0.1) is 20.8 Å². The summed E-state index contributed by atoms with van der Waals surface area (Å²) in [5, 5.41) is 18.5. The Balaban J connectivity index is 2.36. The number of aromatic nitrogens is 2. The number of hydrogen-bond donors (Lipinski definition) is 3. The normalized spacial score (nSPS) is 10.3. The van der Waals surface area contributed by atoms with Crippen molar-refractivity contribution in [3.8, 4) is 0 Å². The lowest BCUT2D eigenvalue weighted by molar-refractivity contribution is 0.0698. The molecule has 1 aromatic heterocycles. The molecule has 2 aromatic rings. The molecular formula is C14H15N3O3. The predicted molar refractivity (Wildman–Crippen MR) is 74.2 cm³/mol. The molecule has 0 saturated carbocycles. The Hall–Kier alpha value is -2.63. The second-order valence-electron chi connectivity index (χ2n) is 4.62. The molecule has 104 valence electrons. The maximum absolute atomic E-state index is 12.2. The number of aromatic amines is 1. The number of aryl methyl sites for hydroxylation is 3. The van der Waals surface area contributed by atoms with Crippen LogP contribution in [0.15, 0.2) is 18.2 Å². The van der Waals surface area contributed by atoms with Crippen LogP contribution in [-0.2, 0) is 0 Å². The van der Waals surface area contributed by atoms with E-state index >= 15 is 0 Å². The monoisotopic (exact) mass is 273 g/mol. The number of benzene rings is 1. The molecule has 0 aliphatic rings. The van der Waals surface area contributed by atoms with Crippen LogP contribution < -0.4 is 5.32 Å². The van der Waals surface area contributed by atoms with E-state index in [-0.39, 0.29) is 17.2 Å². The van der Waals surface area contributed by atoms with Gasteiger partial charge in [-0.2, -0.15) is 5.10 Å². The highest BCUT2D eigenvalue weighted by Crippen LogP contribution is 2.19. The number of carbonyl (C=O) groups excluding carboxylic acids is 1. The average molecular weight is 273 g/mol. The minimum absolute atomic E-state index is 0.0668. The zero-order chi connectivity index (χ0) is 14.9. The lowest BCUT2D eigenvalue weighted by Crippen LogP contribution is -2.16. The van der Waals surface area contributed by atoms with Gasteiger partial charge in [-0.15, -0.1) is 0 Å². The molecule has 0 aliphatic carbocycles. The molecule has 1 amide bonds. The summed E-state index contributed by atoms with van der Waals surface area (Å²) in [5.41, 5.74) is 2.80. The number of hydrogen-bond acceptors (Lipinski definition) is 3. The minimum Gasteiger partial charge on any atom is -0.478 e. The van der Waals surface area contributed by atoms with Gasteiger partial charge in [-0.1, -0.05) is 11.6 Å². The highest BCUT2D eigenvalue weighted by molar-refractivity contribution is 6.08. The summed E-state index contributed by atoms with van der Waals surface area (Å²) in [5.74, 6) is -1.45. The van der Waals surface area contributed by atoms with Crippen LogP contribution >= 0.6 is 0 Å². The fourth-order valence-electron chi connectivity index (χ4n) is 2.01. The van der Waals surface area contributed by atoms with Crippen molar-refractivity contribution < 1.29 is 14.7 Å². The van der Waals surface area contributed by atoms with Crippen molar-refractivity contribution in [1.82, 2.24) is 10.2 Å². The zero-order valence-electron chi connectivity index (χ0n) is 11.4. The van der Waals surface area contributed by atoms with Gasteiger partial charge in [0.15, 0.2) is 0 Å². The third-order valence-electron chi connectivity index (χ3n) is 3.01. The van der Waals surface area contributed by atoms with Gasteiger partial charge >= 0.3 is 5.97 Å². The average Bonchev–Trinajstić information content (AvgIpc) is 2.71. The standard InChI is InChI=1S/C14H15N3O3/c1-7-4-5-11(10(6-7)14(19)20)15-13(18)12-8(2)16-17-9(12)3/h4-6H,1-3H3,(H,15,18)(H,16,17)(H,19,20). The van der Waals surface area contributed by atoms with Gasteiger partial charge in [-0.3, -0.25) is 9.89 Å². The molecule has 6 nitrogen and oxygen atoms in total. The van der Waals surface area contributed by atoms with E-state index in [2.05, 4.69) is 15.5 Å². The molecule has 0 atom stereocenters. The molecule has 0 spiro atoms. The second-order valence-corrected chi connectivity index (χ2v) is 4.62. The smallest absolute Gasteiger partial charge is 0.337 e. The second kappa shape index (κ2) is 5.16. The van der Waals surface area contributed by atoms with Crippen molar-refractivity contribution in [2.24, 2.45) is 0 Å². The molecule has 0 aliphatic heterocycles. The van der Waals surface area contributed by atoms with Crippen LogP contribution in [0.3, 0.4) is 0 Å². The minimum atomic E-state index is -1.08. The van der Waals surface area contributed by atoms with Gasteiger partial charge in [-0.25, -0.2) is 4.79 Å². The zero-order valence-corrected chi connectivity index (χ0v) is 11.4. The Morgan fingerprint density at radius 1 is 1.25 bits per heavy atom. The number of H-pyrrole nitrogens is 1. The van der Waals surface area contributed by atoms with E-state index in [1.165, 1.54) is 6.07 Å². The number of nitrogens with zero attached hydrogens (tertiary/aromatic N) is 1. The Labute approximate surface area is 115 Å². The first kappa shape index (κ1) is 13.8. The topological polar surface area (TPSA) is 95.1 Å². The van der Waals surface area contributed by atoms with Crippen LogP contribution in [0.2, 0.25) is 0 Å². The van der Waals surface area contributed by atoms with E-state index in [9.17, 15) is 14.7 Å². The van der Waals surface area contributed by atoms with Crippen LogP contribution in [0.5, 0.6) is 0 Å². The number of carbonyl (C=O) groups is 2. The molecule has 0 saturated heterocycles. The molecule has 0 radical (unpaired) electrons. The third-order valence-corrected chi connectivity index (χ3v) is 3.01. The summed E-state index contributed by atoms with van der Waals surface area (Å²) in [6, 6.07) is 4.85. The number of carboxylic acids is 1. The quantitative estimate of drug-likeness (QED) is 0.799. The fourth-order valence-corrected chi connectivity index (χ4v) is 2.01. The van der Waals surface area contributed by atoms with E-state index in [4.69, 9.17) is 0 Å². The Bertz CT molecular complexity index is 669. The summed E-state index contributed by atoms with van der Waals surface area (Å²) in [6.45, 7) is 5.25. The summed E-state index contributed by atoms with van der Waals surface area (Å²) < 4.78 is 0. The first-order valence-electron chi connectivity index (χ1n) is 6.07. The molecular weight excluding hydrogens is 258 g/mol. The van der Waals surface area contributed by atoms with Crippen LogP contribution in [0.25, 0.3) is 0 Å². The van der Waals surface area contributed by atoms with Crippen LogP contribution in [0.4, 0.5) is 5.69 Å². The molecule has 3 N–H and O–H groups in total. The maximum atomic E-state index is 12.2. The maximum Gasteiger partial charge on any atom is 0.337 e. The summed E-state index contributed by atoms with van der Waals surface area (Å²) in [7, 11) is 0. The molecule has 1 heterocycles. The Morgan fingerprint density at radius 2 is 1.95 bits per heavy atom. The van der Waals surface area contributed by atoms with Crippen molar-refractivity contribution in [2.75, 3.05) is 5.32 Å². The van der Waals surface area contributed by atoms with Gasteiger partial charge < -0.3 is 10.4 Å². The summed E-state index contributed by atoms with van der Waals surface area (Å²) in [6.07, 6.45) is 0. The van der Waals surface area contributed by atoms with Crippen molar-refractivity contribution in [2.45, 2.75) is 20.8 Å². The summed E-state index contributed by atoms with van der Waals surface area (Å²) in [4.78, 5) is 23.4. The van der Waals surface area contributed by atoms with Crippen molar-refractivity contribution in [3.63, 3.8) is 0 Å². The molecule has 0 bridgehead atoms. The SMILES string of the molecule is Cc1ccc(NC(=O)c2c(C)n[nH]c2C)c(C(=O)O)c1. The van der Waals surface area contributed by atoms with E-state index < -0.39 is 5.97 Å². The van der Waals surface area contributed by atoms with Crippen molar-refractivity contribution >= 4 is 17.6 Å². The number of aromatic carboxylic acids is 1. The van der Waals surface area contributed by atoms with Gasteiger partial charge in [0, 0.05) is 5.69 Å². The Kier molecular flexibility index (Phi) is 3.56. The molecule has 20 heavy (non-hydrogen) atoms. The number of nitrogens with one attached hydrogen (secondary N) is 2. The lowest BCUT2D eigenvalue weighted by Gasteiger charge is -2.09. The lowest BCUT2D eigenvalue weighted by atomic mass is 10.1. The van der Waals surface area contributed by atoms with Gasteiger partial charge in [0.2, 0.25) is 0 Å². The molecule has 0 fully saturated rings. The third kappa shape index (κ3) is 2.54. The van der Waals surface area contributed by atoms with Crippen molar-refractivity contribution in [3.05, 3.63) is 46.3 Å². The van der Waals surface area contributed by atoms with Gasteiger partial charge in [0.25, 0.3) is 5.91 Å². The van der Waals surface area contributed by atoms with E-state index in [0.29, 0.717) is 17.0 Å². The predicted octanol–water partition coefficient (Wildman–Crippen LogP) is 2.29. The van der Waals surface area contributed by atoms with Crippen molar-refractivity contribution in [1.29, 1.82) is 0 Å². The largest absolute Gasteiger partial charge is 0.478 e. The number of rotatable bonds is 3. The van der Waals surface area contributed by atoms with E-state index in [1.54, 1.807) is 32.9 Å². The van der Waals surface area contributed by atoms with Gasteiger partial charge in [-0.05, 0) is 32.9 Å². The van der Waals surface area contributed by atoms with E-state index in [0.717, 1.165) is 5.56 Å². The Morgan fingerprint density at radius 3 is 2.50 bits per heavy atom. The highest BCUT2D eigenvalue weighted by Gasteiger charge is 2.18. The highest BCUT2D eigenvalue weighted by atomic mass is 16.4. The fraction of sp³-hybridized carbons (Fsp3) is 0.214. The van der Waals surface area contributed by atoms with Crippen LogP contribution in [0.1, 0.15) is 37.7 Å². The number of amides is 1. The number of carboxylic acid groups (broad SMARTS) is 1.